The molecule has 0 atom stereocenters. The number of aromatic nitrogens is 2. The van der Waals surface area contributed by atoms with Gasteiger partial charge in [0, 0.05) is 59.2 Å². The number of fused-ring (bicyclic) bond motifs is 3. The van der Waals surface area contributed by atoms with E-state index in [4.69, 9.17) is 9.72 Å². The summed E-state index contributed by atoms with van der Waals surface area (Å²) in [7, 11) is 0. The number of Topliss-reactive ketones (excluding diaryl/α,β-unsaturated/α-hetero) is 1. The van der Waals surface area contributed by atoms with Gasteiger partial charge in [-0.1, -0.05) is 36.4 Å². The summed E-state index contributed by atoms with van der Waals surface area (Å²) in [5, 5.41) is 1.76. The Hall–Kier alpha value is -5.21. The second kappa shape index (κ2) is 10.3. The third-order valence-electron chi connectivity index (χ3n) is 7.76. The highest BCUT2D eigenvalue weighted by Gasteiger charge is 2.34. The molecule has 0 aliphatic carbocycles. The summed E-state index contributed by atoms with van der Waals surface area (Å²) >= 11 is 0. The average molecular weight is 555 g/mol. The van der Waals surface area contributed by atoms with Crippen molar-refractivity contribution in [2.24, 2.45) is 0 Å². The van der Waals surface area contributed by atoms with E-state index in [9.17, 15) is 14.4 Å². The number of anilines is 1. The Morgan fingerprint density at radius 2 is 1.69 bits per heavy atom. The topological polar surface area (TPSA) is 92.7 Å². The fourth-order valence-electron chi connectivity index (χ4n) is 5.77. The lowest BCUT2D eigenvalue weighted by molar-refractivity contribution is -0.116. The van der Waals surface area contributed by atoms with Gasteiger partial charge < -0.3 is 9.64 Å². The predicted molar refractivity (Wildman–Crippen MR) is 161 cm³/mol. The standard InChI is InChI=1S/C34H26N4O4/c1-21(39)38-30-9-5-3-7-26(30)33(40)31(38)19-24-10-11-25-29(36-24)13-12-27(34(41)37-14-16-42-17-15-37)32(25)23-18-22-6-2-4-8-28(22)35-20-23/h2-13,18-20H,14-17H2,1H3/b31-19+. The lowest BCUT2D eigenvalue weighted by Gasteiger charge is -2.28. The molecule has 2 aliphatic rings. The van der Waals surface area contributed by atoms with Gasteiger partial charge in [-0.25, -0.2) is 4.98 Å². The van der Waals surface area contributed by atoms with Crippen LogP contribution in [0.3, 0.4) is 0 Å². The summed E-state index contributed by atoms with van der Waals surface area (Å²) in [6.07, 6.45) is 3.44. The Balaban J connectivity index is 1.37. The van der Waals surface area contributed by atoms with Crippen molar-refractivity contribution in [3.8, 4) is 11.1 Å². The number of nitrogens with zero attached hydrogens (tertiary/aromatic N) is 4. The highest BCUT2D eigenvalue weighted by Crippen LogP contribution is 2.37. The van der Waals surface area contributed by atoms with Crippen molar-refractivity contribution in [2.45, 2.75) is 6.92 Å². The number of carbonyl (C=O) groups excluding carboxylic acids is 3. The summed E-state index contributed by atoms with van der Waals surface area (Å²) in [5.41, 5.74) is 5.50. The van der Waals surface area contributed by atoms with Crippen molar-refractivity contribution in [2.75, 3.05) is 31.2 Å². The molecule has 0 N–H and O–H groups in total. The van der Waals surface area contributed by atoms with E-state index in [0.29, 0.717) is 54.3 Å². The molecule has 2 amide bonds. The molecule has 1 saturated heterocycles. The largest absolute Gasteiger partial charge is 0.378 e. The van der Waals surface area contributed by atoms with Crippen molar-refractivity contribution in [1.82, 2.24) is 14.9 Å². The first kappa shape index (κ1) is 25.7. The van der Waals surface area contributed by atoms with Gasteiger partial charge in [-0.15, -0.1) is 0 Å². The third-order valence-corrected chi connectivity index (χ3v) is 7.76. The minimum Gasteiger partial charge on any atom is -0.378 e. The summed E-state index contributed by atoms with van der Waals surface area (Å²) in [6, 6.07) is 24.3. The molecule has 8 nitrogen and oxygen atoms in total. The number of rotatable bonds is 3. The van der Waals surface area contributed by atoms with E-state index in [0.717, 1.165) is 27.4 Å². The molecule has 2 aliphatic heterocycles. The number of pyridine rings is 2. The number of morpholine rings is 1. The molecule has 42 heavy (non-hydrogen) atoms. The number of hydrogen-bond donors (Lipinski definition) is 0. The minimum atomic E-state index is -0.252. The van der Waals surface area contributed by atoms with Crippen LogP contribution < -0.4 is 4.90 Å². The first-order chi connectivity index (χ1) is 20.5. The van der Waals surface area contributed by atoms with Crippen LogP contribution >= 0.6 is 0 Å². The maximum absolute atomic E-state index is 13.8. The Labute approximate surface area is 241 Å². The normalized spacial score (nSPS) is 15.9. The van der Waals surface area contributed by atoms with E-state index in [1.165, 1.54) is 11.8 Å². The first-order valence-electron chi connectivity index (χ1n) is 13.8. The highest BCUT2D eigenvalue weighted by molar-refractivity contribution is 6.26. The van der Waals surface area contributed by atoms with Gasteiger partial charge in [0.2, 0.25) is 11.7 Å². The van der Waals surface area contributed by atoms with Crippen LogP contribution in [0.2, 0.25) is 0 Å². The smallest absolute Gasteiger partial charge is 0.254 e. The van der Waals surface area contributed by atoms with Gasteiger partial charge in [0.15, 0.2) is 0 Å². The highest BCUT2D eigenvalue weighted by atomic mass is 16.5. The van der Waals surface area contributed by atoms with Crippen molar-refractivity contribution in [1.29, 1.82) is 0 Å². The van der Waals surface area contributed by atoms with Crippen LogP contribution in [0.4, 0.5) is 5.69 Å². The predicted octanol–water partition coefficient (Wildman–Crippen LogP) is 5.51. The van der Waals surface area contributed by atoms with Gasteiger partial charge in [-0.05, 0) is 48.5 Å². The van der Waals surface area contributed by atoms with E-state index < -0.39 is 0 Å². The Morgan fingerprint density at radius 3 is 2.52 bits per heavy atom. The van der Waals surface area contributed by atoms with Gasteiger partial charge >= 0.3 is 0 Å². The number of allylic oxidation sites excluding steroid dienone is 1. The monoisotopic (exact) mass is 554 g/mol. The molecule has 5 aromatic rings. The molecule has 8 heteroatoms. The number of hydrogen-bond acceptors (Lipinski definition) is 6. The number of ketones is 1. The molecule has 0 radical (unpaired) electrons. The molecule has 0 bridgehead atoms. The van der Waals surface area contributed by atoms with Gasteiger partial charge in [-0.2, -0.15) is 0 Å². The second-order valence-electron chi connectivity index (χ2n) is 10.3. The number of amides is 2. The lowest BCUT2D eigenvalue weighted by atomic mass is 9.94. The summed E-state index contributed by atoms with van der Waals surface area (Å²) < 4.78 is 5.47. The average Bonchev–Trinajstić information content (AvgIpc) is 3.31. The maximum Gasteiger partial charge on any atom is 0.254 e. The number of benzene rings is 3. The van der Waals surface area contributed by atoms with Crippen LogP contribution in [0.25, 0.3) is 39.0 Å². The van der Waals surface area contributed by atoms with E-state index in [1.54, 1.807) is 36.5 Å². The number of carbonyl (C=O) groups is 3. The Morgan fingerprint density at radius 1 is 0.905 bits per heavy atom. The van der Waals surface area contributed by atoms with Crippen LogP contribution in [0, 0.1) is 0 Å². The molecule has 0 spiro atoms. The maximum atomic E-state index is 13.8. The summed E-state index contributed by atoms with van der Waals surface area (Å²) in [6.45, 7) is 3.51. The quantitative estimate of drug-likeness (QED) is 0.273. The Kier molecular flexibility index (Phi) is 6.32. The zero-order valence-electron chi connectivity index (χ0n) is 22.9. The molecular formula is C34H26N4O4. The summed E-state index contributed by atoms with van der Waals surface area (Å²) in [4.78, 5) is 52.4. The van der Waals surface area contributed by atoms with E-state index in [-0.39, 0.29) is 23.3 Å². The Bertz CT molecular complexity index is 1960. The molecule has 0 unspecified atom stereocenters. The molecule has 2 aromatic heterocycles. The molecule has 1 fully saturated rings. The van der Waals surface area contributed by atoms with Crippen molar-refractivity contribution in [3.63, 3.8) is 0 Å². The zero-order chi connectivity index (χ0) is 28.8. The van der Waals surface area contributed by atoms with Crippen molar-refractivity contribution >= 4 is 51.2 Å². The molecule has 0 saturated carbocycles. The SMILES string of the molecule is CC(=O)N1/C(=C/c2ccc3c(-c4cnc5ccccc5c4)c(C(=O)N4CCOCC4)ccc3n2)C(=O)c2ccccc21. The lowest BCUT2D eigenvalue weighted by Crippen LogP contribution is -2.40. The van der Waals surface area contributed by atoms with E-state index in [2.05, 4.69) is 4.98 Å². The molecule has 3 aromatic carbocycles. The van der Waals surface area contributed by atoms with Gasteiger partial charge in [0.1, 0.15) is 0 Å². The van der Waals surface area contributed by atoms with Gasteiger partial charge in [-0.3, -0.25) is 24.3 Å². The minimum absolute atomic E-state index is 0.0685. The van der Waals surface area contributed by atoms with Crippen LogP contribution in [-0.2, 0) is 9.53 Å². The fourth-order valence-corrected chi connectivity index (χ4v) is 5.77. The fraction of sp³-hybridized carbons (Fsp3) is 0.147. The van der Waals surface area contributed by atoms with E-state index >= 15 is 0 Å². The molecular weight excluding hydrogens is 528 g/mol. The van der Waals surface area contributed by atoms with Crippen LogP contribution in [0.15, 0.2) is 90.8 Å². The molecule has 4 heterocycles. The van der Waals surface area contributed by atoms with Crippen LogP contribution in [0.5, 0.6) is 0 Å². The molecule has 7 rings (SSSR count). The zero-order valence-corrected chi connectivity index (χ0v) is 22.9. The van der Waals surface area contributed by atoms with Crippen molar-refractivity contribution in [3.05, 3.63) is 108 Å². The second-order valence-corrected chi connectivity index (χ2v) is 10.3. The van der Waals surface area contributed by atoms with Crippen LogP contribution in [-0.4, -0.2) is 58.8 Å². The molecule has 206 valence electrons. The third kappa shape index (κ3) is 4.33. The van der Waals surface area contributed by atoms with Gasteiger partial charge in [0.05, 0.1) is 41.3 Å². The first-order valence-corrected chi connectivity index (χ1v) is 13.8. The number of para-hydroxylation sites is 2. The summed E-state index contributed by atoms with van der Waals surface area (Å²) in [5.74, 6) is -0.546. The van der Waals surface area contributed by atoms with E-state index in [1.807, 2.05) is 59.5 Å². The van der Waals surface area contributed by atoms with Crippen molar-refractivity contribution < 1.29 is 19.1 Å². The van der Waals surface area contributed by atoms with Crippen LogP contribution in [0.1, 0.15) is 33.3 Å². The van der Waals surface area contributed by atoms with Gasteiger partial charge in [0.25, 0.3) is 5.91 Å². The number of ether oxygens (including phenoxy) is 1.